The van der Waals surface area contributed by atoms with Gasteiger partial charge in [-0.3, -0.25) is 4.79 Å². The van der Waals surface area contributed by atoms with Gasteiger partial charge >= 0.3 is 0 Å². The number of carboxylic acid groups (broad SMARTS) is 1. The molecule has 0 aliphatic heterocycles. The molecule has 0 bridgehead atoms. The molecule has 0 fully saturated rings. The van der Waals surface area contributed by atoms with Gasteiger partial charge in [0.2, 0.25) is 0 Å². The molecular weight excluding hydrogens is 384 g/mol. The molecule has 0 atom stereocenters. The smallest absolute Gasteiger partial charge is 0.266 e. The van der Waals surface area contributed by atoms with E-state index < -0.39 is 11.9 Å². The van der Waals surface area contributed by atoms with Gasteiger partial charge in [0.25, 0.3) is 5.91 Å². The quantitative estimate of drug-likeness (QED) is 0.505. The summed E-state index contributed by atoms with van der Waals surface area (Å²) in [7, 11) is 0. The number of hydrogen-bond acceptors (Lipinski definition) is 6. The fourth-order valence-electron chi connectivity index (χ4n) is 2.46. The highest BCUT2D eigenvalue weighted by molar-refractivity contribution is 6.09. The summed E-state index contributed by atoms with van der Waals surface area (Å²) in [5.74, 6) is -0.442. The van der Waals surface area contributed by atoms with Crippen molar-refractivity contribution >= 4 is 23.6 Å². The van der Waals surface area contributed by atoms with Crippen molar-refractivity contribution < 1.29 is 24.2 Å². The Kier molecular flexibility index (Phi) is 8.00. The SMILES string of the molecule is CCOc1cc(/C=C(\C#N)C(=O)Nc2ccc(C(=O)[O-])cc2)ccc1OCC(C)C. The Morgan fingerprint density at radius 2 is 1.83 bits per heavy atom. The van der Waals surface area contributed by atoms with Crippen LogP contribution in [0.4, 0.5) is 5.69 Å². The number of ether oxygens (including phenoxy) is 2. The summed E-state index contributed by atoms with van der Waals surface area (Å²) >= 11 is 0. The summed E-state index contributed by atoms with van der Waals surface area (Å²) in [6.07, 6.45) is 1.44. The van der Waals surface area contributed by atoms with Crippen molar-refractivity contribution in [2.45, 2.75) is 20.8 Å². The van der Waals surface area contributed by atoms with E-state index in [2.05, 4.69) is 5.32 Å². The zero-order valence-electron chi connectivity index (χ0n) is 17.1. The Balaban J connectivity index is 2.21. The molecule has 156 valence electrons. The number of carboxylic acids is 1. The Hall–Kier alpha value is -3.79. The molecule has 0 unspecified atom stereocenters. The summed E-state index contributed by atoms with van der Waals surface area (Å²) in [6.45, 7) is 6.92. The third-order valence-corrected chi connectivity index (χ3v) is 3.89. The molecule has 2 aromatic carbocycles. The molecule has 0 aliphatic carbocycles. The van der Waals surface area contributed by atoms with E-state index >= 15 is 0 Å². The average Bonchev–Trinajstić information content (AvgIpc) is 2.71. The summed E-state index contributed by atoms with van der Waals surface area (Å²) in [6, 6.07) is 12.5. The van der Waals surface area contributed by atoms with Gasteiger partial charge in [0, 0.05) is 5.69 Å². The van der Waals surface area contributed by atoms with Crippen LogP contribution in [-0.4, -0.2) is 25.1 Å². The van der Waals surface area contributed by atoms with Gasteiger partial charge in [-0.25, -0.2) is 0 Å². The molecule has 0 radical (unpaired) electrons. The van der Waals surface area contributed by atoms with Gasteiger partial charge in [0.1, 0.15) is 11.6 Å². The van der Waals surface area contributed by atoms with Gasteiger partial charge in [0.15, 0.2) is 11.5 Å². The average molecular weight is 407 g/mol. The van der Waals surface area contributed by atoms with Gasteiger partial charge in [-0.2, -0.15) is 5.26 Å². The molecular formula is C23H23N2O5-. The molecule has 0 aromatic heterocycles. The van der Waals surface area contributed by atoms with Crippen LogP contribution in [-0.2, 0) is 4.79 Å². The monoisotopic (exact) mass is 407 g/mol. The van der Waals surface area contributed by atoms with Crippen LogP contribution in [0.15, 0.2) is 48.0 Å². The number of hydrogen-bond donors (Lipinski definition) is 1. The number of amides is 1. The van der Waals surface area contributed by atoms with Crippen LogP contribution in [0.3, 0.4) is 0 Å². The minimum Gasteiger partial charge on any atom is -0.545 e. The molecule has 1 amide bonds. The van der Waals surface area contributed by atoms with E-state index in [0.717, 1.165) is 0 Å². The number of rotatable bonds is 9. The third kappa shape index (κ3) is 6.38. The van der Waals surface area contributed by atoms with E-state index in [4.69, 9.17) is 9.47 Å². The number of nitriles is 1. The highest BCUT2D eigenvalue weighted by atomic mass is 16.5. The Labute approximate surface area is 175 Å². The lowest BCUT2D eigenvalue weighted by Crippen LogP contribution is -2.22. The molecule has 7 heteroatoms. The Morgan fingerprint density at radius 3 is 2.40 bits per heavy atom. The lowest BCUT2D eigenvalue weighted by atomic mass is 10.1. The first kappa shape index (κ1) is 22.5. The summed E-state index contributed by atoms with van der Waals surface area (Å²) in [5, 5.41) is 22.8. The maximum atomic E-state index is 12.4. The molecule has 30 heavy (non-hydrogen) atoms. The van der Waals surface area contributed by atoms with Crippen molar-refractivity contribution in [3.63, 3.8) is 0 Å². The van der Waals surface area contributed by atoms with Gasteiger partial charge in [-0.05, 0) is 54.3 Å². The number of anilines is 1. The number of benzene rings is 2. The second-order valence-electron chi connectivity index (χ2n) is 6.83. The predicted octanol–water partition coefficient (Wildman–Crippen LogP) is 3.03. The van der Waals surface area contributed by atoms with Gasteiger partial charge in [-0.15, -0.1) is 0 Å². The summed E-state index contributed by atoms with van der Waals surface area (Å²) in [5.41, 5.74) is 0.845. The van der Waals surface area contributed by atoms with Crippen molar-refractivity contribution in [2.75, 3.05) is 18.5 Å². The molecule has 0 aliphatic rings. The summed E-state index contributed by atoms with van der Waals surface area (Å²) < 4.78 is 11.4. The minimum atomic E-state index is -1.31. The van der Waals surface area contributed by atoms with Crippen molar-refractivity contribution in [1.29, 1.82) is 5.26 Å². The first-order valence-corrected chi connectivity index (χ1v) is 9.48. The van der Waals surface area contributed by atoms with Crippen molar-refractivity contribution in [3.05, 3.63) is 59.2 Å². The van der Waals surface area contributed by atoms with Crippen molar-refractivity contribution in [1.82, 2.24) is 0 Å². The van der Waals surface area contributed by atoms with E-state index in [1.165, 1.54) is 30.3 Å². The number of nitrogens with one attached hydrogen (secondary N) is 1. The third-order valence-electron chi connectivity index (χ3n) is 3.89. The Morgan fingerprint density at radius 1 is 1.13 bits per heavy atom. The lowest BCUT2D eigenvalue weighted by Gasteiger charge is -2.14. The van der Waals surface area contributed by atoms with E-state index in [0.29, 0.717) is 41.9 Å². The van der Waals surface area contributed by atoms with Crippen molar-refractivity contribution in [2.24, 2.45) is 5.92 Å². The van der Waals surface area contributed by atoms with Gasteiger partial charge < -0.3 is 24.7 Å². The molecule has 2 rings (SSSR count). The van der Waals surface area contributed by atoms with Crippen LogP contribution >= 0.6 is 0 Å². The van der Waals surface area contributed by atoms with Gasteiger partial charge in [-0.1, -0.05) is 32.0 Å². The first-order valence-electron chi connectivity index (χ1n) is 9.48. The minimum absolute atomic E-state index is 0.00715. The number of aromatic carboxylic acids is 1. The van der Waals surface area contributed by atoms with E-state index in [1.54, 1.807) is 18.2 Å². The first-order chi connectivity index (χ1) is 14.3. The normalized spacial score (nSPS) is 11.0. The van der Waals surface area contributed by atoms with Crippen LogP contribution in [0.1, 0.15) is 36.7 Å². The molecule has 0 saturated carbocycles. The second kappa shape index (κ2) is 10.7. The molecule has 0 heterocycles. The lowest BCUT2D eigenvalue weighted by molar-refractivity contribution is -0.255. The number of carbonyl (C=O) groups is 2. The Bertz CT molecular complexity index is 972. The molecule has 0 spiro atoms. The fraction of sp³-hybridized carbons (Fsp3) is 0.261. The van der Waals surface area contributed by atoms with Crippen LogP contribution in [0.5, 0.6) is 11.5 Å². The molecule has 1 N–H and O–H groups in total. The van der Waals surface area contributed by atoms with Crippen LogP contribution in [0.2, 0.25) is 0 Å². The molecule has 0 saturated heterocycles. The largest absolute Gasteiger partial charge is 0.545 e. The zero-order valence-corrected chi connectivity index (χ0v) is 17.1. The zero-order chi connectivity index (χ0) is 22.1. The van der Waals surface area contributed by atoms with E-state index in [1.807, 2.05) is 26.8 Å². The maximum absolute atomic E-state index is 12.4. The van der Waals surface area contributed by atoms with Crippen LogP contribution in [0, 0.1) is 17.2 Å². The van der Waals surface area contributed by atoms with E-state index in [9.17, 15) is 20.0 Å². The van der Waals surface area contributed by atoms with Gasteiger partial charge in [0.05, 0.1) is 19.2 Å². The highest BCUT2D eigenvalue weighted by Gasteiger charge is 2.12. The van der Waals surface area contributed by atoms with E-state index in [-0.39, 0.29) is 11.1 Å². The number of carbonyl (C=O) groups excluding carboxylic acids is 2. The van der Waals surface area contributed by atoms with Crippen LogP contribution < -0.4 is 19.9 Å². The molecule has 2 aromatic rings. The summed E-state index contributed by atoms with van der Waals surface area (Å²) in [4.78, 5) is 23.2. The number of nitrogens with zero attached hydrogens (tertiary/aromatic N) is 1. The predicted molar refractivity (Wildman–Crippen MR) is 111 cm³/mol. The second-order valence-corrected chi connectivity index (χ2v) is 6.83. The fourth-order valence-corrected chi connectivity index (χ4v) is 2.46. The van der Waals surface area contributed by atoms with Crippen molar-refractivity contribution in [3.8, 4) is 17.6 Å². The maximum Gasteiger partial charge on any atom is 0.266 e. The highest BCUT2D eigenvalue weighted by Crippen LogP contribution is 2.30. The topological polar surface area (TPSA) is 111 Å². The van der Waals surface area contributed by atoms with Crippen LogP contribution in [0.25, 0.3) is 6.08 Å². The molecule has 7 nitrogen and oxygen atoms in total. The standard InChI is InChI=1S/C23H24N2O5/c1-4-29-21-12-16(5-10-20(21)30-14-15(2)3)11-18(13-24)22(26)25-19-8-6-17(7-9-19)23(27)28/h5-12,15H,4,14H2,1-3H3,(H,25,26)(H,27,28)/p-1/b18-11+.